The predicted octanol–water partition coefficient (Wildman–Crippen LogP) is 1.80. The molecule has 0 saturated carbocycles. The second kappa shape index (κ2) is 6.51. The molecule has 0 atom stereocenters. The van der Waals surface area contributed by atoms with E-state index in [2.05, 4.69) is 26.2 Å². The van der Waals surface area contributed by atoms with Crippen molar-refractivity contribution in [2.75, 3.05) is 6.54 Å². The number of hydrogen-bond acceptors (Lipinski definition) is 4. The van der Waals surface area contributed by atoms with Gasteiger partial charge in [0.25, 0.3) is 5.56 Å². The zero-order chi connectivity index (χ0) is 13.8. The van der Waals surface area contributed by atoms with E-state index >= 15 is 0 Å². The maximum atomic E-state index is 11.5. The molecule has 2 N–H and O–H groups in total. The molecule has 5 nitrogen and oxygen atoms in total. The number of H-pyrrole nitrogens is 1. The van der Waals surface area contributed by atoms with Crippen LogP contribution < -0.4 is 16.6 Å². The predicted molar refractivity (Wildman–Crippen MR) is 80.1 cm³/mol. The van der Waals surface area contributed by atoms with E-state index in [1.54, 1.807) is 11.3 Å². The second-order valence-electron chi connectivity index (χ2n) is 3.84. The van der Waals surface area contributed by atoms with Crippen molar-refractivity contribution in [3.05, 3.63) is 52.9 Å². The van der Waals surface area contributed by atoms with Gasteiger partial charge in [-0.25, -0.2) is 4.79 Å². The summed E-state index contributed by atoms with van der Waals surface area (Å²) in [5.41, 5.74) is -1.01. The molecule has 0 spiro atoms. The van der Waals surface area contributed by atoms with Crippen LogP contribution in [0.15, 0.2) is 31.7 Å². The maximum absolute atomic E-state index is 11.5. The average molecular weight is 365 g/mol. The summed E-state index contributed by atoms with van der Waals surface area (Å²) in [6.07, 6.45) is 1.35. The topological polar surface area (TPSA) is 66.9 Å². The highest BCUT2D eigenvalue weighted by atomic mass is 79.9. The summed E-state index contributed by atoms with van der Waals surface area (Å²) in [5, 5.41) is 5.25. The standard InChI is InChI=1S/C11H11BrClN3O2S/c12-7-3-8(19-6-7)4-14-1-2-16-5-9(13)10(17)15-11(16)18/h3,5-6,14H,1-2,4H2,(H,15,17,18). The van der Waals surface area contributed by atoms with E-state index in [4.69, 9.17) is 11.6 Å². The Balaban J connectivity index is 1.88. The lowest BCUT2D eigenvalue weighted by Gasteiger charge is -2.06. The summed E-state index contributed by atoms with van der Waals surface area (Å²) in [6, 6.07) is 2.04. The van der Waals surface area contributed by atoms with Gasteiger partial charge in [0.1, 0.15) is 5.02 Å². The summed E-state index contributed by atoms with van der Waals surface area (Å²) >= 11 is 10.7. The van der Waals surface area contributed by atoms with Gasteiger partial charge in [0.15, 0.2) is 0 Å². The van der Waals surface area contributed by atoms with Crippen LogP contribution in [-0.2, 0) is 13.1 Å². The first-order valence-corrected chi connectivity index (χ1v) is 7.54. The number of rotatable bonds is 5. The Morgan fingerprint density at radius 2 is 2.26 bits per heavy atom. The third kappa shape index (κ3) is 4.04. The molecule has 2 aromatic rings. The van der Waals surface area contributed by atoms with Gasteiger partial charge in [-0.05, 0) is 22.0 Å². The molecular weight excluding hydrogens is 354 g/mol. The van der Waals surface area contributed by atoms with E-state index in [1.807, 2.05) is 11.4 Å². The number of aromatic nitrogens is 2. The first-order chi connectivity index (χ1) is 9.06. The normalized spacial score (nSPS) is 10.8. The average Bonchev–Trinajstić information content (AvgIpc) is 2.77. The smallest absolute Gasteiger partial charge is 0.310 e. The molecule has 0 bridgehead atoms. The summed E-state index contributed by atoms with van der Waals surface area (Å²) in [7, 11) is 0. The van der Waals surface area contributed by atoms with Gasteiger partial charge in [-0.1, -0.05) is 11.6 Å². The molecule has 8 heteroatoms. The fourth-order valence-corrected chi connectivity index (χ4v) is 3.09. The van der Waals surface area contributed by atoms with Crippen LogP contribution in [0.1, 0.15) is 4.88 Å². The van der Waals surface area contributed by atoms with Gasteiger partial charge in [0.05, 0.1) is 0 Å². The third-order valence-corrected chi connectivity index (χ3v) is 4.38. The fourth-order valence-electron chi connectivity index (χ4n) is 1.51. The molecule has 2 aromatic heterocycles. The van der Waals surface area contributed by atoms with Crippen molar-refractivity contribution in [3.8, 4) is 0 Å². The molecule has 2 heterocycles. The van der Waals surface area contributed by atoms with Crippen molar-refractivity contribution in [1.29, 1.82) is 0 Å². The van der Waals surface area contributed by atoms with Crippen molar-refractivity contribution in [3.63, 3.8) is 0 Å². The quantitative estimate of drug-likeness (QED) is 0.795. The molecule has 0 aliphatic heterocycles. The van der Waals surface area contributed by atoms with Crippen molar-refractivity contribution in [2.24, 2.45) is 0 Å². The van der Waals surface area contributed by atoms with Crippen LogP contribution in [0.2, 0.25) is 5.02 Å². The Morgan fingerprint density at radius 3 is 2.95 bits per heavy atom. The Labute approximate surface area is 126 Å². The van der Waals surface area contributed by atoms with Gasteiger partial charge >= 0.3 is 5.69 Å². The van der Waals surface area contributed by atoms with Crippen molar-refractivity contribution < 1.29 is 0 Å². The van der Waals surface area contributed by atoms with Gasteiger partial charge < -0.3 is 5.32 Å². The third-order valence-electron chi connectivity index (χ3n) is 2.42. The van der Waals surface area contributed by atoms with Crippen molar-refractivity contribution in [1.82, 2.24) is 14.9 Å². The molecular formula is C11H11BrClN3O2S. The van der Waals surface area contributed by atoms with Crippen molar-refractivity contribution in [2.45, 2.75) is 13.1 Å². The lowest BCUT2D eigenvalue weighted by atomic mass is 10.4. The molecule has 0 aliphatic carbocycles. The van der Waals surface area contributed by atoms with Crippen molar-refractivity contribution >= 4 is 38.9 Å². The van der Waals surface area contributed by atoms with E-state index < -0.39 is 11.2 Å². The largest absolute Gasteiger partial charge is 0.328 e. The van der Waals surface area contributed by atoms with Gasteiger partial charge in [0.2, 0.25) is 0 Å². The van der Waals surface area contributed by atoms with E-state index in [1.165, 1.54) is 15.6 Å². The minimum absolute atomic E-state index is 0.0155. The molecule has 0 amide bonds. The minimum atomic E-state index is -0.556. The highest BCUT2D eigenvalue weighted by Crippen LogP contribution is 2.19. The van der Waals surface area contributed by atoms with Gasteiger partial charge in [0, 0.05) is 40.6 Å². The van der Waals surface area contributed by atoms with Gasteiger partial charge in [-0.15, -0.1) is 11.3 Å². The number of hydrogen-bond donors (Lipinski definition) is 2. The van der Waals surface area contributed by atoms with Crippen LogP contribution in [0.3, 0.4) is 0 Å². The summed E-state index contributed by atoms with van der Waals surface area (Å²) in [4.78, 5) is 25.9. The number of nitrogens with zero attached hydrogens (tertiary/aromatic N) is 1. The molecule has 0 fully saturated rings. The first kappa shape index (κ1) is 14.5. The monoisotopic (exact) mass is 363 g/mol. The maximum Gasteiger partial charge on any atom is 0.328 e. The van der Waals surface area contributed by atoms with E-state index in [0.29, 0.717) is 13.1 Å². The number of halogens is 2. The Morgan fingerprint density at radius 1 is 1.47 bits per heavy atom. The zero-order valence-corrected chi connectivity index (χ0v) is 12.9. The van der Waals surface area contributed by atoms with Crippen LogP contribution in [0, 0.1) is 0 Å². The van der Waals surface area contributed by atoms with Gasteiger partial charge in [-0.2, -0.15) is 0 Å². The van der Waals surface area contributed by atoms with Gasteiger partial charge in [-0.3, -0.25) is 14.3 Å². The van der Waals surface area contributed by atoms with Crippen LogP contribution in [0.5, 0.6) is 0 Å². The highest BCUT2D eigenvalue weighted by Gasteiger charge is 2.02. The Hall–Kier alpha value is -0.890. The number of nitrogens with one attached hydrogen (secondary N) is 2. The Bertz CT molecular complexity index is 679. The van der Waals surface area contributed by atoms with Crippen LogP contribution in [-0.4, -0.2) is 16.1 Å². The van der Waals surface area contributed by atoms with E-state index in [0.717, 1.165) is 11.0 Å². The van der Waals surface area contributed by atoms with E-state index in [-0.39, 0.29) is 5.02 Å². The Kier molecular flexibility index (Phi) is 4.98. The minimum Gasteiger partial charge on any atom is -0.310 e. The van der Waals surface area contributed by atoms with Crippen LogP contribution in [0.4, 0.5) is 0 Å². The first-order valence-electron chi connectivity index (χ1n) is 5.49. The number of aromatic amines is 1. The summed E-state index contributed by atoms with van der Waals surface area (Å²) in [5.74, 6) is 0. The second-order valence-corrected chi connectivity index (χ2v) is 6.16. The molecule has 2 rings (SSSR count). The van der Waals surface area contributed by atoms with Crippen LogP contribution in [0.25, 0.3) is 0 Å². The molecule has 0 aromatic carbocycles. The molecule has 102 valence electrons. The highest BCUT2D eigenvalue weighted by molar-refractivity contribution is 9.10. The molecule has 19 heavy (non-hydrogen) atoms. The summed E-state index contributed by atoms with van der Waals surface area (Å²) < 4.78 is 2.44. The molecule has 0 unspecified atom stereocenters. The SMILES string of the molecule is O=c1[nH]c(=O)n(CCNCc2cc(Br)cs2)cc1Cl. The molecule has 0 aliphatic rings. The lowest BCUT2D eigenvalue weighted by Crippen LogP contribution is -2.32. The van der Waals surface area contributed by atoms with E-state index in [9.17, 15) is 9.59 Å². The fraction of sp³-hybridized carbons (Fsp3) is 0.273. The summed E-state index contributed by atoms with van der Waals surface area (Å²) in [6.45, 7) is 1.79. The van der Waals surface area contributed by atoms with Crippen LogP contribution >= 0.6 is 38.9 Å². The zero-order valence-electron chi connectivity index (χ0n) is 9.78. The molecule has 0 saturated heterocycles. The number of thiophene rings is 1. The molecule has 0 radical (unpaired) electrons. The lowest BCUT2D eigenvalue weighted by molar-refractivity contribution is 0.576.